The van der Waals surface area contributed by atoms with Gasteiger partial charge in [-0.25, -0.2) is 8.79 Å². The van der Waals surface area contributed by atoms with E-state index in [9.17, 15) is 9.90 Å². The third kappa shape index (κ3) is 5.02. The highest BCUT2D eigenvalue weighted by molar-refractivity contribution is 8.01. The number of amides is 1. The second-order valence-corrected chi connectivity index (χ2v) is 9.98. The molecule has 5 nitrogen and oxygen atoms in total. The van der Waals surface area contributed by atoms with Crippen LogP contribution in [0.3, 0.4) is 0 Å². The number of benzene rings is 2. The van der Waals surface area contributed by atoms with E-state index in [0.29, 0.717) is 23.7 Å². The van der Waals surface area contributed by atoms with Gasteiger partial charge in [-0.2, -0.15) is 0 Å². The van der Waals surface area contributed by atoms with Crippen molar-refractivity contribution in [2.24, 2.45) is 4.40 Å². The van der Waals surface area contributed by atoms with E-state index in [1.54, 1.807) is 17.0 Å². The highest BCUT2D eigenvalue weighted by Gasteiger charge is 2.32. The lowest BCUT2D eigenvalue weighted by Gasteiger charge is -2.45. The third-order valence-electron chi connectivity index (χ3n) is 6.26. The second-order valence-electron chi connectivity index (χ2n) is 8.74. The van der Waals surface area contributed by atoms with E-state index < -0.39 is 5.83 Å². The molecular weight excluding hydrogens is 485 g/mol. The lowest BCUT2D eigenvalue weighted by molar-refractivity contribution is -0.129. The molecule has 8 heteroatoms. The van der Waals surface area contributed by atoms with Gasteiger partial charge in [0.15, 0.2) is 5.83 Å². The molecule has 0 aromatic heterocycles. The van der Waals surface area contributed by atoms with E-state index in [0.717, 1.165) is 22.7 Å². The van der Waals surface area contributed by atoms with Crippen molar-refractivity contribution in [2.45, 2.75) is 32.4 Å². The van der Waals surface area contributed by atoms with Crippen molar-refractivity contribution >= 4 is 51.5 Å². The number of nitrogens with zero attached hydrogens (tertiary/aromatic N) is 3. The summed E-state index contributed by atoms with van der Waals surface area (Å²) in [4.78, 5) is 15.9. The Morgan fingerprint density at radius 2 is 1.94 bits per heavy atom. The van der Waals surface area contributed by atoms with Gasteiger partial charge in [-0.05, 0) is 48.4 Å². The number of allylic oxidation sites excluding steroid dienone is 4. The highest BCUT2D eigenvalue weighted by atomic mass is 35.5. The smallest absolute Gasteiger partial charge is 0.246 e. The summed E-state index contributed by atoms with van der Waals surface area (Å²) in [7, 11) is 0. The van der Waals surface area contributed by atoms with Gasteiger partial charge < -0.3 is 14.9 Å². The molecule has 2 aliphatic rings. The molecule has 35 heavy (non-hydrogen) atoms. The SMILES string of the molecule is C=CC(=O)N1CC(C)N(C(=C)S/N=C2\CC=C(Cl)C(c3cc(O)cc4ccccc34)=C2F)[C@H](C)C1. The molecule has 2 aromatic rings. The fourth-order valence-corrected chi connectivity index (χ4v) is 5.82. The maximum absolute atomic E-state index is 15.8. The summed E-state index contributed by atoms with van der Waals surface area (Å²) >= 11 is 7.58. The molecule has 182 valence electrons. The molecule has 1 aliphatic heterocycles. The van der Waals surface area contributed by atoms with Crippen LogP contribution in [0.1, 0.15) is 25.8 Å². The molecule has 0 saturated carbocycles. The van der Waals surface area contributed by atoms with Crippen molar-refractivity contribution in [1.82, 2.24) is 9.80 Å². The zero-order valence-corrected chi connectivity index (χ0v) is 21.2. The Hall–Kier alpha value is -3.03. The second kappa shape index (κ2) is 10.3. The van der Waals surface area contributed by atoms with E-state index >= 15 is 4.39 Å². The summed E-state index contributed by atoms with van der Waals surface area (Å²) in [6, 6.07) is 10.7. The Morgan fingerprint density at radius 3 is 2.63 bits per heavy atom. The number of aromatic hydroxyl groups is 1. The van der Waals surface area contributed by atoms with E-state index in [-0.39, 0.29) is 46.5 Å². The number of fused-ring (bicyclic) bond motifs is 1. The van der Waals surface area contributed by atoms with Gasteiger partial charge in [-0.3, -0.25) is 4.79 Å². The number of rotatable bonds is 5. The van der Waals surface area contributed by atoms with Crippen LogP contribution in [-0.2, 0) is 4.79 Å². The molecule has 4 rings (SSSR count). The van der Waals surface area contributed by atoms with Crippen LogP contribution in [0.2, 0.25) is 0 Å². The van der Waals surface area contributed by atoms with Gasteiger partial charge in [-0.15, -0.1) is 0 Å². The molecule has 0 bridgehead atoms. The zero-order chi connectivity index (χ0) is 25.3. The number of piperazine rings is 1. The lowest BCUT2D eigenvalue weighted by Crippen LogP contribution is -2.56. The number of phenols is 1. The van der Waals surface area contributed by atoms with Crippen molar-refractivity contribution in [2.75, 3.05) is 13.1 Å². The Morgan fingerprint density at radius 1 is 1.26 bits per heavy atom. The number of halogens is 2. The molecule has 0 spiro atoms. The van der Waals surface area contributed by atoms with Gasteiger partial charge in [0.25, 0.3) is 0 Å². The highest BCUT2D eigenvalue weighted by Crippen LogP contribution is 2.41. The normalized spacial score (nSPS) is 21.9. The molecule has 1 N–H and O–H groups in total. The van der Waals surface area contributed by atoms with Gasteiger partial charge in [0.1, 0.15) is 5.75 Å². The number of hydrogen-bond donors (Lipinski definition) is 1. The Bertz CT molecular complexity index is 1290. The fourth-order valence-electron chi connectivity index (χ4n) is 4.73. The van der Waals surface area contributed by atoms with Crippen molar-refractivity contribution in [3.05, 3.63) is 83.2 Å². The minimum atomic E-state index is -0.518. The Balaban J connectivity index is 1.61. The van der Waals surface area contributed by atoms with Crippen LogP contribution in [0.25, 0.3) is 16.3 Å². The maximum Gasteiger partial charge on any atom is 0.246 e. The first-order valence-corrected chi connectivity index (χ1v) is 12.5. The van der Waals surface area contributed by atoms with Gasteiger partial charge in [0.05, 0.1) is 10.7 Å². The van der Waals surface area contributed by atoms with Crippen LogP contribution in [0.15, 0.2) is 82.0 Å². The minimum Gasteiger partial charge on any atom is -0.508 e. The standard InChI is InChI=1S/C27H27ClFN3O2S/c1-5-25(34)31-14-16(2)32(17(3)15-31)18(4)35-30-24-11-10-23(28)26(27(24)29)22-13-20(33)12-19-8-6-7-9-21(19)22/h5-10,12-13,16-17,33H,1,4,11,14-15H2,2-3H3/b30-24+/t16-,17?/m1/s1. The molecular formula is C27H27ClFN3O2S. The summed E-state index contributed by atoms with van der Waals surface area (Å²) in [6.45, 7) is 12.9. The first kappa shape index (κ1) is 25.1. The topological polar surface area (TPSA) is 56.1 Å². The number of carbonyl (C=O) groups is 1. The summed E-state index contributed by atoms with van der Waals surface area (Å²) in [6.07, 6.45) is 3.30. The predicted molar refractivity (Wildman–Crippen MR) is 144 cm³/mol. The zero-order valence-electron chi connectivity index (χ0n) is 19.7. The molecule has 1 amide bonds. The van der Waals surface area contributed by atoms with Crippen LogP contribution in [0.5, 0.6) is 5.75 Å². The van der Waals surface area contributed by atoms with E-state index in [4.69, 9.17) is 11.6 Å². The van der Waals surface area contributed by atoms with Crippen LogP contribution >= 0.6 is 23.5 Å². The molecule has 1 heterocycles. The summed E-state index contributed by atoms with van der Waals surface area (Å²) in [5.74, 6) is -0.574. The number of phenolic OH excluding ortho intramolecular Hbond substituents is 1. The average Bonchev–Trinajstić information content (AvgIpc) is 2.82. The molecule has 1 saturated heterocycles. The van der Waals surface area contributed by atoms with E-state index in [1.807, 2.05) is 38.1 Å². The molecule has 2 aromatic carbocycles. The van der Waals surface area contributed by atoms with Crippen LogP contribution in [-0.4, -0.2) is 51.7 Å². The molecule has 1 aliphatic carbocycles. The van der Waals surface area contributed by atoms with Crippen molar-refractivity contribution < 1.29 is 14.3 Å². The van der Waals surface area contributed by atoms with Crippen LogP contribution in [0, 0.1) is 0 Å². The monoisotopic (exact) mass is 511 g/mol. The molecule has 1 fully saturated rings. The van der Waals surface area contributed by atoms with E-state index in [1.165, 1.54) is 12.1 Å². The fraction of sp³-hybridized carbons (Fsp3) is 0.259. The number of carbonyl (C=O) groups excluding carboxylic acids is 1. The molecule has 1 unspecified atom stereocenters. The van der Waals surface area contributed by atoms with Gasteiger partial charge in [-0.1, -0.05) is 55.1 Å². The van der Waals surface area contributed by atoms with Gasteiger partial charge in [0.2, 0.25) is 5.91 Å². The van der Waals surface area contributed by atoms with Crippen LogP contribution < -0.4 is 0 Å². The van der Waals surface area contributed by atoms with E-state index in [2.05, 4.69) is 22.5 Å². The third-order valence-corrected chi connectivity index (χ3v) is 7.33. The Kier molecular flexibility index (Phi) is 7.38. The van der Waals surface area contributed by atoms with Crippen molar-refractivity contribution in [3.63, 3.8) is 0 Å². The quantitative estimate of drug-likeness (QED) is 0.372. The predicted octanol–water partition coefficient (Wildman–Crippen LogP) is 6.42. The maximum atomic E-state index is 15.8. The largest absolute Gasteiger partial charge is 0.508 e. The summed E-state index contributed by atoms with van der Waals surface area (Å²) in [5.41, 5.74) is 0.984. The minimum absolute atomic E-state index is 0.0261. The average molecular weight is 512 g/mol. The molecule has 0 radical (unpaired) electrons. The van der Waals surface area contributed by atoms with Gasteiger partial charge in [0, 0.05) is 54.1 Å². The van der Waals surface area contributed by atoms with Crippen LogP contribution in [0.4, 0.5) is 4.39 Å². The first-order chi connectivity index (χ1) is 16.7. The number of hydrogen-bond acceptors (Lipinski definition) is 5. The Labute approximate surface area is 214 Å². The first-order valence-electron chi connectivity index (χ1n) is 11.3. The van der Waals surface area contributed by atoms with Crippen molar-refractivity contribution in [1.29, 1.82) is 0 Å². The molecule has 2 atom stereocenters. The lowest BCUT2D eigenvalue weighted by atomic mass is 9.92. The summed E-state index contributed by atoms with van der Waals surface area (Å²) in [5, 5.41) is 12.8. The van der Waals surface area contributed by atoms with Crippen molar-refractivity contribution in [3.8, 4) is 5.75 Å². The van der Waals surface area contributed by atoms with Gasteiger partial charge >= 0.3 is 0 Å². The summed E-state index contributed by atoms with van der Waals surface area (Å²) < 4.78 is 20.3.